The minimum absolute atomic E-state index is 0.00313. The molecule has 1 amide bonds. The highest BCUT2D eigenvalue weighted by molar-refractivity contribution is 5.91. The van der Waals surface area contributed by atoms with Crippen molar-refractivity contribution in [3.63, 3.8) is 0 Å². The lowest BCUT2D eigenvalue weighted by atomic mass is 10.1. The van der Waals surface area contributed by atoms with Gasteiger partial charge < -0.3 is 20.5 Å². The second kappa shape index (κ2) is 8.77. The summed E-state index contributed by atoms with van der Waals surface area (Å²) in [5.74, 6) is -0.00313. The van der Waals surface area contributed by atoms with Gasteiger partial charge in [-0.15, -0.1) is 0 Å². The van der Waals surface area contributed by atoms with Crippen LogP contribution in [0.4, 0.5) is 5.69 Å². The normalized spacial score (nSPS) is 17.9. The van der Waals surface area contributed by atoms with Crippen molar-refractivity contribution >= 4 is 11.6 Å². The van der Waals surface area contributed by atoms with Crippen LogP contribution in [0, 0.1) is 0 Å². The molecule has 1 aliphatic rings. The molecule has 1 aromatic rings. The second-order valence-corrected chi connectivity index (χ2v) is 5.22. The third-order valence-corrected chi connectivity index (χ3v) is 3.53. The first-order valence-electron chi connectivity index (χ1n) is 7.57. The summed E-state index contributed by atoms with van der Waals surface area (Å²) in [6.07, 6.45) is 3.61. The molecule has 1 aliphatic heterocycles. The van der Waals surface area contributed by atoms with Gasteiger partial charge in [-0.05, 0) is 30.9 Å². The Morgan fingerprint density at radius 1 is 1.43 bits per heavy atom. The van der Waals surface area contributed by atoms with Gasteiger partial charge in [-0.3, -0.25) is 4.79 Å². The number of nitrogens with two attached hydrogens (primary N) is 1. The molecular weight excluding hydrogens is 268 g/mol. The van der Waals surface area contributed by atoms with Crippen molar-refractivity contribution < 1.29 is 14.3 Å². The number of benzene rings is 1. The summed E-state index contributed by atoms with van der Waals surface area (Å²) < 4.78 is 11.0. The van der Waals surface area contributed by atoms with Crippen LogP contribution in [-0.2, 0) is 20.8 Å². The highest BCUT2D eigenvalue weighted by atomic mass is 16.5. The van der Waals surface area contributed by atoms with Crippen molar-refractivity contribution in [2.24, 2.45) is 5.73 Å². The molecule has 1 atom stereocenters. The second-order valence-electron chi connectivity index (χ2n) is 5.22. The van der Waals surface area contributed by atoms with E-state index in [2.05, 4.69) is 5.32 Å². The van der Waals surface area contributed by atoms with E-state index in [1.54, 1.807) is 0 Å². The minimum atomic E-state index is -0.00313. The first-order chi connectivity index (χ1) is 10.3. The molecule has 0 saturated carbocycles. The summed E-state index contributed by atoms with van der Waals surface area (Å²) >= 11 is 0. The van der Waals surface area contributed by atoms with Gasteiger partial charge >= 0.3 is 0 Å². The molecule has 0 bridgehead atoms. The summed E-state index contributed by atoms with van der Waals surface area (Å²) in [6, 6.07) is 7.59. The van der Waals surface area contributed by atoms with Crippen molar-refractivity contribution in [3.8, 4) is 0 Å². The SMILES string of the molecule is NCc1ccccc1NC(=O)CCCOCC1CCCO1. The van der Waals surface area contributed by atoms with Gasteiger partial charge in [-0.2, -0.15) is 0 Å². The highest BCUT2D eigenvalue weighted by Gasteiger charge is 2.15. The average molecular weight is 292 g/mol. The lowest BCUT2D eigenvalue weighted by molar-refractivity contribution is -0.116. The van der Waals surface area contributed by atoms with Crippen LogP contribution in [0.2, 0.25) is 0 Å². The van der Waals surface area contributed by atoms with Gasteiger partial charge in [0.25, 0.3) is 0 Å². The van der Waals surface area contributed by atoms with E-state index in [4.69, 9.17) is 15.2 Å². The fourth-order valence-electron chi connectivity index (χ4n) is 2.36. The number of hydrogen-bond acceptors (Lipinski definition) is 4. The lowest BCUT2D eigenvalue weighted by Crippen LogP contribution is -2.17. The first-order valence-corrected chi connectivity index (χ1v) is 7.57. The molecule has 5 nitrogen and oxygen atoms in total. The summed E-state index contributed by atoms with van der Waals surface area (Å²) in [5.41, 5.74) is 7.38. The minimum Gasteiger partial charge on any atom is -0.379 e. The number of nitrogens with one attached hydrogen (secondary N) is 1. The van der Waals surface area contributed by atoms with Crippen LogP contribution in [0.3, 0.4) is 0 Å². The fraction of sp³-hybridized carbons (Fsp3) is 0.562. The van der Waals surface area contributed by atoms with Crippen LogP contribution in [0.15, 0.2) is 24.3 Å². The zero-order chi connectivity index (χ0) is 14.9. The van der Waals surface area contributed by atoms with Crippen LogP contribution >= 0.6 is 0 Å². The number of rotatable bonds is 8. The molecule has 2 rings (SSSR count). The first kappa shape index (κ1) is 15.9. The van der Waals surface area contributed by atoms with Gasteiger partial charge in [-0.1, -0.05) is 18.2 Å². The van der Waals surface area contributed by atoms with Gasteiger partial charge in [0.1, 0.15) is 0 Å². The standard InChI is InChI=1S/C16H24N2O3/c17-11-13-5-1-2-7-15(13)18-16(19)8-4-9-20-12-14-6-3-10-21-14/h1-2,5,7,14H,3-4,6,8-12,17H2,(H,18,19). The predicted molar refractivity (Wildman–Crippen MR) is 82.0 cm³/mol. The molecule has 21 heavy (non-hydrogen) atoms. The van der Waals surface area contributed by atoms with Gasteiger partial charge in [0, 0.05) is 31.9 Å². The van der Waals surface area contributed by atoms with Crippen molar-refractivity contribution in [2.75, 3.05) is 25.1 Å². The van der Waals surface area contributed by atoms with Crippen molar-refractivity contribution in [1.82, 2.24) is 0 Å². The Kier molecular flexibility index (Phi) is 6.66. The van der Waals surface area contributed by atoms with E-state index in [1.807, 2.05) is 24.3 Å². The number of para-hydroxylation sites is 1. The van der Waals surface area contributed by atoms with Crippen molar-refractivity contribution in [2.45, 2.75) is 38.3 Å². The zero-order valence-corrected chi connectivity index (χ0v) is 12.3. The molecule has 1 fully saturated rings. The number of carbonyl (C=O) groups excluding carboxylic acids is 1. The smallest absolute Gasteiger partial charge is 0.224 e. The van der Waals surface area contributed by atoms with Crippen LogP contribution in [0.1, 0.15) is 31.2 Å². The summed E-state index contributed by atoms with van der Waals surface area (Å²) in [5, 5.41) is 2.89. The summed E-state index contributed by atoms with van der Waals surface area (Å²) in [4.78, 5) is 11.9. The number of hydrogen-bond donors (Lipinski definition) is 2. The third kappa shape index (κ3) is 5.46. The monoisotopic (exact) mass is 292 g/mol. The van der Waals surface area contributed by atoms with Crippen molar-refractivity contribution in [3.05, 3.63) is 29.8 Å². The Morgan fingerprint density at radius 3 is 3.05 bits per heavy atom. The van der Waals surface area contributed by atoms with E-state index in [9.17, 15) is 4.79 Å². The lowest BCUT2D eigenvalue weighted by Gasteiger charge is -2.11. The third-order valence-electron chi connectivity index (χ3n) is 3.53. The Morgan fingerprint density at radius 2 is 2.29 bits per heavy atom. The molecule has 1 heterocycles. The van der Waals surface area contributed by atoms with E-state index in [-0.39, 0.29) is 12.0 Å². The molecule has 116 valence electrons. The fourth-order valence-corrected chi connectivity index (χ4v) is 2.36. The zero-order valence-electron chi connectivity index (χ0n) is 12.3. The molecule has 3 N–H and O–H groups in total. The van der Waals surface area contributed by atoms with Crippen LogP contribution in [-0.4, -0.2) is 31.8 Å². The van der Waals surface area contributed by atoms with E-state index in [0.29, 0.717) is 32.6 Å². The Labute approximate surface area is 125 Å². The van der Waals surface area contributed by atoms with E-state index in [1.165, 1.54) is 0 Å². The maximum atomic E-state index is 11.9. The van der Waals surface area contributed by atoms with Gasteiger partial charge in [0.2, 0.25) is 5.91 Å². The van der Waals surface area contributed by atoms with Crippen LogP contribution < -0.4 is 11.1 Å². The van der Waals surface area contributed by atoms with Crippen LogP contribution in [0.25, 0.3) is 0 Å². The molecule has 0 spiro atoms. The molecule has 1 unspecified atom stereocenters. The average Bonchev–Trinajstić information content (AvgIpc) is 3.01. The van der Waals surface area contributed by atoms with E-state index < -0.39 is 0 Å². The quantitative estimate of drug-likeness (QED) is 0.719. The predicted octanol–water partition coefficient (Wildman–Crippen LogP) is 2.06. The van der Waals surface area contributed by atoms with Gasteiger partial charge in [0.15, 0.2) is 0 Å². The molecule has 1 aromatic carbocycles. The van der Waals surface area contributed by atoms with E-state index >= 15 is 0 Å². The molecule has 0 aliphatic carbocycles. The number of amides is 1. The van der Waals surface area contributed by atoms with E-state index in [0.717, 1.165) is 30.7 Å². The number of carbonyl (C=O) groups is 1. The van der Waals surface area contributed by atoms with Crippen LogP contribution in [0.5, 0.6) is 0 Å². The number of anilines is 1. The molecule has 1 saturated heterocycles. The number of ether oxygens (including phenoxy) is 2. The Balaban J connectivity index is 1.61. The van der Waals surface area contributed by atoms with Gasteiger partial charge in [-0.25, -0.2) is 0 Å². The van der Waals surface area contributed by atoms with Crippen molar-refractivity contribution in [1.29, 1.82) is 0 Å². The Hall–Kier alpha value is -1.43. The topological polar surface area (TPSA) is 73.6 Å². The molecule has 0 radical (unpaired) electrons. The maximum absolute atomic E-state index is 11.9. The summed E-state index contributed by atoms with van der Waals surface area (Å²) in [6.45, 7) is 2.49. The largest absolute Gasteiger partial charge is 0.379 e. The maximum Gasteiger partial charge on any atom is 0.224 e. The summed E-state index contributed by atoms with van der Waals surface area (Å²) in [7, 11) is 0. The molecule has 0 aromatic heterocycles. The Bertz CT molecular complexity index is 445. The van der Waals surface area contributed by atoms with Gasteiger partial charge in [0.05, 0.1) is 12.7 Å². The molecule has 5 heteroatoms. The molecular formula is C16H24N2O3. The highest BCUT2D eigenvalue weighted by Crippen LogP contribution is 2.15.